The van der Waals surface area contributed by atoms with Crippen molar-refractivity contribution in [1.82, 2.24) is 9.80 Å². The molecule has 10 heteroatoms. The highest BCUT2D eigenvalue weighted by Crippen LogP contribution is 2.31. The van der Waals surface area contributed by atoms with Crippen molar-refractivity contribution in [1.29, 1.82) is 0 Å². The lowest BCUT2D eigenvalue weighted by Gasteiger charge is -2.37. The summed E-state index contributed by atoms with van der Waals surface area (Å²) in [6.45, 7) is 4.66. The molecule has 2 aromatic carbocycles. The summed E-state index contributed by atoms with van der Waals surface area (Å²) >= 11 is 0. The largest absolute Gasteiger partial charge is 0.497 e. The summed E-state index contributed by atoms with van der Waals surface area (Å²) in [5.41, 5.74) is 0.479. The Hall–Kier alpha value is -2.82. The van der Waals surface area contributed by atoms with E-state index in [1.807, 2.05) is 25.9 Å². The SMILES string of the molecule is COc1ccc(S(=O)(=O)Nc2ccc3c(c2)C(=O)N([C@H](C)CO)C[C@@H](C)[C@@H](CN(C)C)O3)cc1. The van der Waals surface area contributed by atoms with Crippen molar-refractivity contribution >= 4 is 21.6 Å². The third-order valence-corrected chi connectivity index (χ3v) is 7.23. The summed E-state index contributed by atoms with van der Waals surface area (Å²) in [6, 6.07) is 10.3. The lowest BCUT2D eigenvalue weighted by molar-refractivity contribution is 0.0363. The molecule has 0 fully saturated rings. The van der Waals surface area contributed by atoms with Crippen LogP contribution in [0.1, 0.15) is 24.2 Å². The summed E-state index contributed by atoms with van der Waals surface area (Å²) in [6.07, 6.45) is -0.197. The molecule has 186 valence electrons. The molecule has 9 nitrogen and oxygen atoms in total. The van der Waals surface area contributed by atoms with Gasteiger partial charge in [0.1, 0.15) is 17.6 Å². The van der Waals surface area contributed by atoms with Crippen LogP contribution in [0, 0.1) is 5.92 Å². The molecule has 34 heavy (non-hydrogen) atoms. The van der Waals surface area contributed by atoms with Gasteiger partial charge in [-0.3, -0.25) is 9.52 Å². The monoisotopic (exact) mass is 491 g/mol. The van der Waals surface area contributed by atoms with Gasteiger partial charge in [-0.25, -0.2) is 8.42 Å². The van der Waals surface area contributed by atoms with Crippen LogP contribution in [-0.2, 0) is 10.0 Å². The lowest BCUT2D eigenvalue weighted by atomic mass is 9.99. The Labute approximate surface area is 201 Å². The van der Waals surface area contributed by atoms with Crippen molar-refractivity contribution in [2.24, 2.45) is 5.92 Å². The normalized spacial score (nSPS) is 19.6. The van der Waals surface area contributed by atoms with Crippen LogP contribution in [0.15, 0.2) is 47.4 Å². The van der Waals surface area contributed by atoms with E-state index in [0.29, 0.717) is 24.6 Å². The first-order valence-electron chi connectivity index (χ1n) is 11.1. The van der Waals surface area contributed by atoms with Gasteiger partial charge in [-0.2, -0.15) is 0 Å². The van der Waals surface area contributed by atoms with Gasteiger partial charge in [0.05, 0.1) is 30.2 Å². The van der Waals surface area contributed by atoms with Gasteiger partial charge in [0.25, 0.3) is 15.9 Å². The van der Waals surface area contributed by atoms with Crippen molar-refractivity contribution in [3.63, 3.8) is 0 Å². The predicted octanol–water partition coefficient (Wildman–Crippen LogP) is 2.28. The standard InChI is InChI=1S/C24H33N3O6S/c1-16-13-27(17(2)15-28)24(29)21-12-18(6-11-22(21)33-23(16)14-26(3)4)25-34(30,31)20-9-7-19(32-5)8-10-20/h6-12,16-17,23,25,28H,13-15H2,1-5H3/t16-,17-,23-/m1/s1. The molecule has 2 aromatic rings. The van der Waals surface area contributed by atoms with Crippen molar-refractivity contribution in [3.05, 3.63) is 48.0 Å². The second-order valence-corrected chi connectivity index (χ2v) is 10.6. The molecule has 1 aliphatic rings. The van der Waals surface area contributed by atoms with Gasteiger partial charge >= 0.3 is 0 Å². The maximum absolute atomic E-state index is 13.5. The average Bonchev–Trinajstić information content (AvgIpc) is 2.80. The number of likely N-dealkylation sites (N-methyl/N-ethyl adjacent to an activating group) is 1. The van der Waals surface area contributed by atoms with Crippen LogP contribution in [0.5, 0.6) is 11.5 Å². The summed E-state index contributed by atoms with van der Waals surface area (Å²) < 4.78 is 39.6. The zero-order valence-corrected chi connectivity index (χ0v) is 21.0. The summed E-state index contributed by atoms with van der Waals surface area (Å²) in [7, 11) is 1.52. The summed E-state index contributed by atoms with van der Waals surface area (Å²) in [5.74, 6) is 0.618. The van der Waals surface area contributed by atoms with E-state index in [0.717, 1.165) is 0 Å². The van der Waals surface area contributed by atoms with E-state index >= 15 is 0 Å². The number of ether oxygens (including phenoxy) is 2. The maximum Gasteiger partial charge on any atom is 0.261 e. The fourth-order valence-corrected chi connectivity index (χ4v) is 4.88. The number of carbonyl (C=O) groups excluding carboxylic acids is 1. The molecule has 1 aliphatic heterocycles. The molecule has 0 aliphatic carbocycles. The van der Waals surface area contributed by atoms with Gasteiger partial charge in [0, 0.05) is 24.7 Å². The molecule has 0 saturated carbocycles. The molecular weight excluding hydrogens is 458 g/mol. The number of amides is 1. The molecule has 0 bridgehead atoms. The fourth-order valence-electron chi connectivity index (χ4n) is 3.83. The molecule has 0 spiro atoms. The first-order chi connectivity index (χ1) is 16.1. The number of hydrogen-bond donors (Lipinski definition) is 2. The number of anilines is 1. The second kappa shape index (κ2) is 10.6. The van der Waals surface area contributed by atoms with Crippen LogP contribution in [0.3, 0.4) is 0 Å². The topological polar surface area (TPSA) is 108 Å². The first kappa shape index (κ1) is 25.8. The van der Waals surface area contributed by atoms with Crippen molar-refractivity contribution < 1.29 is 27.8 Å². The number of nitrogens with one attached hydrogen (secondary N) is 1. The smallest absolute Gasteiger partial charge is 0.261 e. The average molecular weight is 492 g/mol. The Kier molecular flexibility index (Phi) is 8.06. The Morgan fingerprint density at radius 1 is 1.24 bits per heavy atom. The predicted molar refractivity (Wildman–Crippen MR) is 130 cm³/mol. The van der Waals surface area contributed by atoms with E-state index in [4.69, 9.17) is 9.47 Å². The minimum atomic E-state index is -3.89. The Balaban J connectivity index is 1.98. The zero-order chi connectivity index (χ0) is 25.0. The molecule has 0 saturated heterocycles. The minimum Gasteiger partial charge on any atom is -0.497 e. The highest BCUT2D eigenvalue weighted by atomic mass is 32.2. The van der Waals surface area contributed by atoms with E-state index in [1.54, 1.807) is 36.1 Å². The number of sulfonamides is 1. The van der Waals surface area contributed by atoms with Crippen molar-refractivity contribution in [2.45, 2.75) is 30.9 Å². The number of fused-ring (bicyclic) bond motifs is 1. The Bertz CT molecular complexity index is 1100. The molecule has 0 radical (unpaired) electrons. The molecule has 3 atom stereocenters. The minimum absolute atomic E-state index is 0.0155. The quantitative estimate of drug-likeness (QED) is 0.583. The molecule has 3 rings (SSSR count). The van der Waals surface area contributed by atoms with E-state index in [-0.39, 0.29) is 40.7 Å². The Morgan fingerprint density at radius 2 is 1.91 bits per heavy atom. The van der Waals surface area contributed by atoms with E-state index in [9.17, 15) is 18.3 Å². The van der Waals surface area contributed by atoms with E-state index in [2.05, 4.69) is 4.72 Å². The van der Waals surface area contributed by atoms with Gasteiger partial charge in [0.2, 0.25) is 0 Å². The van der Waals surface area contributed by atoms with Gasteiger partial charge < -0.3 is 24.4 Å². The molecule has 2 N–H and O–H groups in total. The van der Waals surface area contributed by atoms with E-state index < -0.39 is 16.1 Å². The molecule has 1 heterocycles. The number of methoxy groups -OCH3 is 1. The van der Waals surface area contributed by atoms with Gasteiger partial charge in [-0.1, -0.05) is 6.92 Å². The molecule has 0 unspecified atom stereocenters. The first-order valence-corrected chi connectivity index (χ1v) is 12.6. The zero-order valence-electron chi connectivity index (χ0n) is 20.2. The van der Waals surface area contributed by atoms with Gasteiger partial charge in [-0.15, -0.1) is 0 Å². The maximum atomic E-state index is 13.5. The Morgan fingerprint density at radius 3 is 2.50 bits per heavy atom. The third-order valence-electron chi connectivity index (χ3n) is 5.83. The number of hydrogen-bond acceptors (Lipinski definition) is 7. The van der Waals surface area contributed by atoms with Crippen LogP contribution in [0.25, 0.3) is 0 Å². The van der Waals surface area contributed by atoms with Crippen LogP contribution >= 0.6 is 0 Å². The third kappa shape index (κ3) is 5.81. The number of rotatable bonds is 8. The number of aliphatic hydroxyl groups is 1. The molecule has 0 aromatic heterocycles. The summed E-state index contributed by atoms with van der Waals surface area (Å²) in [5, 5.41) is 9.75. The van der Waals surface area contributed by atoms with Crippen LogP contribution < -0.4 is 14.2 Å². The number of nitrogens with zero attached hydrogens (tertiary/aromatic N) is 2. The van der Waals surface area contributed by atoms with Crippen LogP contribution in [-0.4, -0.2) is 82.3 Å². The van der Waals surface area contributed by atoms with E-state index in [1.165, 1.54) is 25.3 Å². The lowest BCUT2D eigenvalue weighted by Crippen LogP contribution is -2.49. The van der Waals surface area contributed by atoms with Crippen LogP contribution in [0.2, 0.25) is 0 Å². The number of carbonyl (C=O) groups is 1. The molecular formula is C24H33N3O6S. The second-order valence-electron chi connectivity index (χ2n) is 8.88. The number of aliphatic hydroxyl groups excluding tert-OH is 1. The van der Waals surface area contributed by atoms with Crippen molar-refractivity contribution in [2.75, 3.05) is 45.6 Å². The van der Waals surface area contributed by atoms with Crippen molar-refractivity contribution in [3.8, 4) is 11.5 Å². The highest BCUT2D eigenvalue weighted by molar-refractivity contribution is 7.92. The fraction of sp³-hybridized carbons (Fsp3) is 0.458. The van der Waals surface area contributed by atoms with Gasteiger partial charge in [0.15, 0.2) is 0 Å². The van der Waals surface area contributed by atoms with Crippen LogP contribution in [0.4, 0.5) is 5.69 Å². The number of benzene rings is 2. The highest BCUT2D eigenvalue weighted by Gasteiger charge is 2.33. The molecule has 1 amide bonds. The van der Waals surface area contributed by atoms with Gasteiger partial charge in [-0.05, 0) is 63.5 Å². The summed E-state index contributed by atoms with van der Waals surface area (Å²) in [4.78, 5) is 17.2.